The molecule has 4 heteroatoms. The molecule has 0 spiro atoms. The molecule has 0 N–H and O–H groups in total. The number of pyridine rings is 1. The van der Waals surface area contributed by atoms with Gasteiger partial charge in [0.2, 0.25) is 0 Å². The summed E-state index contributed by atoms with van der Waals surface area (Å²) in [5, 5.41) is 0. The summed E-state index contributed by atoms with van der Waals surface area (Å²) in [6, 6.07) is 11.3. The first-order chi connectivity index (χ1) is 9.20. The topological polar surface area (TPSA) is 40.5 Å². The Morgan fingerprint density at radius 3 is 2.58 bits per heavy atom. The van der Waals surface area contributed by atoms with Gasteiger partial charge in [-0.3, -0.25) is 4.79 Å². The Kier molecular flexibility index (Phi) is 4.23. The van der Waals surface area contributed by atoms with Crippen molar-refractivity contribution in [1.82, 2.24) is 4.57 Å². The molecule has 4 nitrogen and oxygen atoms in total. The second-order valence-electron chi connectivity index (χ2n) is 4.24. The molecule has 0 amide bonds. The average molecular weight is 259 g/mol. The number of aromatic nitrogens is 1. The number of methoxy groups -OCH3 is 1. The van der Waals surface area contributed by atoms with Gasteiger partial charge in [0.25, 0.3) is 5.56 Å². The van der Waals surface area contributed by atoms with Gasteiger partial charge < -0.3 is 14.0 Å². The van der Waals surface area contributed by atoms with Gasteiger partial charge in [0.05, 0.1) is 13.7 Å². The third-order valence-corrected chi connectivity index (χ3v) is 2.83. The van der Waals surface area contributed by atoms with Gasteiger partial charge in [0.1, 0.15) is 12.4 Å². The van der Waals surface area contributed by atoms with Gasteiger partial charge in [-0.2, -0.15) is 0 Å². The number of ether oxygens (including phenoxy) is 2. The number of aryl methyl sites for hydroxylation is 1. The van der Waals surface area contributed by atoms with Crippen molar-refractivity contribution in [3.8, 4) is 11.5 Å². The Hall–Kier alpha value is -2.23. The number of nitrogens with zero attached hydrogens (tertiary/aromatic N) is 1. The quantitative estimate of drug-likeness (QED) is 0.826. The molecule has 0 bridgehead atoms. The lowest BCUT2D eigenvalue weighted by Crippen LogP contribution is -2.23. The van der Waals surface area contributed by atoms with E-state index in [4.69, 9.17) is 9.47 Å². The summed E-state index contributed by atoms with van der Waals surface area (Å²) in [6.45, 7) is 2.96. The molecule has 0 aliphatic carbocycles. The number of hydrogen-bond donors (Lipinski definition) is 0. The van der Waals surface area contributed by atoms with Crippen LogP contribution in [0.4, 0.5) is 0 Å². The van der Waals surface area contributed by atoms with E-state index in [0.717, 1.165) is 5.75 Å². The van der Waals surface area contributed by atoms with Crippen LogP contribution in [-0.4, -0.2) is 18.3 Å². The molecular formula is C15H17NO3. The van der Waals surface area contributed by atoms with Crippen LogP contribution in [0.25, 0.3) is 0 Å². The minimum Gasteiger partial charge on any atom is -0.492 e. The van der Waals surface area contributed by atoms with Crippen LogP contribution in [0.3, 0.4) is 0 Å². The third-order valence-electron chi connectivity index (χ3n) is 2.83. The van der Waals surface area contributed by atoms with Gasteiger partial charge in [-0.15, -0.1) is 0 Å². The van der Waals surface area contributed by atoms with E-state index in [2.05, 4.69) is 0 Å². The molecule has 0 aliphatic rings. The molecule has 2 rings (SSSR count). The van der Waals surface area contributed by atoms with Gasteiger partial charge in [-0.05, 0) is 31.2 Å². The van der Waals surface area contributed by atoms with Crippen LogP contribution >= 0.6 is 0 Å². The highest BCUT2D eigenvalue weighted by molar-refractivity contribution is 5.26. The number of rotatable bonds is 5. The predicted octanol–water partition coefficient (Wildman–Crippen LogP) is 2.24. The highest BCUT2D eigenvalue weighted by atomic mass is 16.5. The third kappa shape index (κ3) is 3.37. The minimum absolute atomic E-state index is 0.141. The van der Waals surface area contributed by atoms with E-state index in [0.29, 0.717) is 18.9 Å². The highest BCUT2D eigenvalue weighted by Gasteiger charge is 2.02. The summed E-state index contributed by atoms with van der Waals surface area (Å²) in [4.78, 5) is 11.9. The van der Waals surface area contributed by atoms with E-state index in [-0.39, 0.29) is 5.56 Å². The first kappa shape index (κ1) is 13.2. The molecule has 0 saturated carbocycles. The summed E-state index contributed by atoms with van der Waals surface area (Å²) in [5.74, 6) is 1.15. The predicted molar refractivity (Wildman–Crippen MR) is 73.9 cm³/mol. The summed E-state index contributed by atoms with van der Waals surface area (Å²) in [7, 11) is 1.49. The lowest BCUT2D eigenvalue weighted by Gasteiger charge is -2.09. The Bertz CT molecular complexity index is 587. The Balaban J connectivity index is 1.96. The SMILES string of the molecule is COc1cccn(CCOc2ccc(C)cc2)c1=O. The van der Waals surface area contributed by atoms with Crippen LogP contribution in [0.5, 0.6) is 11.5 Å². The zero-order valence-corrected chi connectivity index (χ0v) is 11.1. The van der Waals surface area contributed by atoms with Gasteiger partial charge in [0, 0.05) is 6.20 Å². The van der Waals surface area contributed by atoms with Gasteiger partial charge >= 0.3 is 0 Å². The van der Waals surface area contributed by atoms with E-state index in [9.17, 15) is 4.79 Å². The Morgan fingerprint density at radius 2 is 1.89 bits per heavy atom. The van der Waals surface area contributed by atoms with E-state index in [1.807, 2.05) is 31.2 Å². The highest BCUT2D eigenvalue weighted by Crippen LogP contribution is 2.11. The molecule has 0 atom stereocenters. The maximum atomic E-state index is 11.9. The molecule has 1 heterocycles. The van der Waals surface area contributed by atoms with Crippen LogP contribution in [-0.2, 0) is 6.54 Å². The second-order valence-corrected chi connectivity index (χ2v) is 4.24. The maximum absolute atomic E-state index is 11.9. The number of benzene rings is 1. The molecule has 100 valence electrons. The lowest BCUT2D eigenvalue weighted by molar-refractivity contribution is 0.294. The zero-order valence-electron chi connectivity index (χ0n) is 11.1. The fourth-order valence-corrected chi connectivity index (χ4v) is 1.74. The van der Waals surface area contributed by atoms with E-state index < -0.39 is 0 Å². The molecule has 0 saturated heterocycles. The molecule has 0 radical (unpaired) electrons. The van der Waals surface area contributed by atoms with Crippen molar-refractivity contribution in [2.24, 2.45) is 0 Å². The van der Waals surface area contributed by atoms with Crippen molar-refractivity contribution in [3.63, 3.8) is 0 Å². The Labute approximate surface area is 112 Å². The van der Waals surface area contributed by atoms with E-state index in [1.165, 1.54) is 12.7 Å². The van der Waals surface area contributed by atoms with Crippen molar-refractivity contribution in [1.29, 1.82) is 0 Å². The average Bonchev–Trinajstić information content (AvgIpc) is 2.43. The molecule has 2 aromatic rings. The fraction of sp³-hybridized carbons (Fsp3) is 0.267. The molecule has 1 aromatic heterocycles. The summed E-state index contributed by atoms with van der Waals surface area (Å²) in [5.41, 5.74) is 1.05. The summed E-state index contributed by atoms with van der Waals surface area (Å²) < 4.78 is 12.2. The molecular weight excluding hydrogens is 242 g/mol. The molecule has 19 heavy (non-hydrogen) atoms. The normalized spacial score (nSPS) is 10.2. The second kappa shape index (κ2) is 6.09. The maximum Gasteiger partial charge on any atom is 0.292 e. The molecule has 1 aromatic carbocycles. The smallest absolute Gasteiger partial charge is 0.292 e. The first-order valence-corrected chi connectivity index (χ1v) is 6.13. The zero-order chi connectivity index (χ0) is 13.7. The van der Waals surface area contributed by atoms with Crippen LogP contribution in [0.15, 0.2) is 47.4 Å². The largest absolute Gasteiger partial charge is 0.492 e. The number of hydrogen-bond acceptors (Lipinski definition) is 3. The molecule has 0 aliphatic heterocycles. The van der Waals surface area contributed by atoms with Crippen LogP contribution < -0.4 is 15.0 Å². The van der Waals surface area contributed by atoms with Crippen LogP contribution in [0.1, 0.15) is 5.56 Å². The summed E-state index contributed by atoms with van der Waals surface area (Å²) in [6.07, 6.45) is 1.73. The summed E-state index contributed by atoms with van der Waals surface area (Å²) >= 11 is 0. The van der Waals surface area contributed by atoms with Gasteiger partial charge in [-0.1, -0.05) is 17.7 Å². The first-order valence-electron chi connectivity index (χ1n) is 6.13. The monoisotopic (exact) mass is 259 g/mol. The van der Waals surface area contributed by atoms with Crippen molar-refractivity contribution in [3.05, 3.63) is 58.5 Å². The van der Waals surface area contributed by atoms with Gasteiger partial charge in [-0.25, -0.2) is 0 Å². The van der Waals surface area contributed by atoms with Crippen LogP contribution in [0.2, 0.25) is 0 Å². The lowest BCUT2D eigenvalue weighted by atomic mass is 10.2. The van der Waals surface area contributed by atoms with E-state index >= 15 is 0 Å². The standard InChI is InChI=1S/C15H17NO3/c1-12-5-7-13(8-6-12)19-11-10-16-9-3-4-14(18-2)15(16)17/h3-9H,10-11H2,1-2H3. The fourth-order valence-electron chi connectivity index (χ4n) is 1.74. The van der Waals surface area contributed by atoms with Crippen molar-refractivity contribution in [2.45, 2.75) is 13.5 Å². The molecule has 0 fully saturated rings. The van der Waals surface area contributed by atoms with Crippen molar-refractivity contribution >= 4 is 0 Å². The minimum atomic E-state index is -0.141. The van der Waals surface area contributed by atoms with Crippen LogP contribution in [0, 0.1) is 6.92 Å². The van der Waals surface area contributed by atoms with E-state index in [1.54, 1.807) is 22.9 Å². The van der Waals surface area contributed by atoms with Crippen molar-refractivity contribution in [2.75, 3.05) is 13.7 Å². The molecule has 0 unspecified atom stereocenters. The van der Waals surface area contributed by atoms with Gasteiger partial charge in [0.15, 0.2) is 5.75 Å². The van der Waals surface area contributed by atoms with Crippen molar-refractivity contribution < 1.29 is 9.47 Å². The Morgan fingerprint density at radius 1 is 1.16 bits per heavy atom.